The first kappa shape index (κ1) is 19.9. The third kappa shape index (κ3) is 4.36. The van der Waals surface area contributed by atoms with Crippen molar-refractivity contribution in [1.82, 2.24) is 20.3 Å². The van der Waals surface area contributed by atoms with Gasteiger partial charge in [0.2, 0.25) is 11.8 Å². The van der Waals surface area contributed by atoms with E-state index < -0.39 is 12.0 Å². The van der Waals surface area contributed by atoms with Gasteiger partial charge < -0.3 is 20.5 Å². The van der Waals surface area contributed by atoms with E-state index in [4.69, 9.17) is 15.2 Å². The maximum absolute atomic E-state index is 11.8. The zero-order valence-electron chi connectivity index (χ0n) is 17.2. The van der Waals surface area contributed by atoms with Gasteiger partial charge in [0.25, 0.3) is 11.8 Å². The van der Waals surface area contributed by atoms with Crippen molar-refractivity contribution in [3.05, 3.63) is 59.9 Å². The number of nitrogens with zero attached hydrogens (tertiary/aromatic N) is 3. The maximum atomic E-state index is 11.8. The molecule has 9 heteroatoms. The second-order valence-corrected chi connectivity index (χ2v) is 7.80. The molecule has 0 unspecified atom stereocenters. The lowest BCUT2D eigenvalue weighted by molar-refractivity contribution is -0.125. The molecule has 2 amide bonds. The Kier molecular flexibility index (Phi) is 5.14. The lowest BCUT2D eigenvalue weighted by atomic mass is 10.2. The number of ether oxygens (including phenoxy) is 2. The SMILES string of the molecule is NC(=O)c1cc(O[C@H]2CCNC2=O)nc(-c2ccc(Oc3ccc(C4CC4)cn3)cc2)n1. The molecule has 32 heavy (non-hydrogen) atoms. The molecular formula is C23H21N5O4. The Hall–Kier alpha value is -4.01. The molecule has 2 aromatic heterocycles. The quantitative estimate of drug-likeness (QED) is 0.588. The first-order valence-corrected chi connectivity index (χ1v) is 10.4. The van der Waals surface area contributed by atoms with Gasteiger partial charge in [-0.1, -0.05) is 6.07 Å². The highest BCUT2D eigenvalue weighted by molar-refractivity contribution is 5.91. The number of nitrogens with one attached hydrogen (secondary N) is 1. The Balaban J connectivity index is 1.35. The third-order valence-electron chi connectivity index (χ3n) is 5.36. The van der Waals surface area contributed by atoms with Gasteiger partial charge in [-0.05, 0) is 48.6 Å². The minimum atomic E-state index is -0.713. The molecule has 1 saturated carbocycles. The van der Waals surface area contributed by atoms with Crippen LogP contribution in [0.25, 0.3) is 11.4 Å². The van der Waals surface area contributed by atoms with Crippen molar-refractivity contribution in [3.8, 4) is 28.9 Å². The number of rotatable bonds is 7. The van der Waals surface area contributed by atoms with Gasteiger partial charge in [0.05, 0.1) is 0 Å². The Labute approximate surface area is 184 Å². The van der Waals surface area contributed by atoms with Crippen molar-refractivity contribution < 1.29 is 19.1 Å². The Morgan fingerprint density at radius 3 is 2.47 bits per heavy atom. The molecule has 3 heterocycles. The summed E-state index contributed by atoms with van der Waals surface area (Å²) < 4.78 is 11.5. The summed E-state index contributed by atoms with van der Waals surface area (Å²) >= 11 is 0. The highest BCUT2D eigenvalue weighted by Gasteiger charge is 2.27. The smallest absolute Gasteiger partial charge is 0.267 e. The van der Waals surface area contributed by atoms with E-state index >= 15 is 0 Å². The highest BCUT2D eigenvalue weighted by Crippen LogP contribution is 2.40. The van der Waals surface area contributed by atoms with Crippen LogP contribution in [0.15, 0.2) is 48.7 Å². The van der Waals surface area contributed by atoms with Crippen molar-refractivity contribution in [2.24, 2.45) is 5.73 Å². The lowest BCUT2D eigenvalue weighted by Crippen LogP contribution is -2.28. The number of primary amides is 1. The fourth-order valence-corrected chi connectivity index (χ4v) is 3.47. The van der Waals surface area contributed by atoms with Crippen molar-refractivity contribution in [2.45, 2.75) is 31.3 Å². The number of hydrogen-bond acceptors (Lipinski definition) is 7. The fraction of sp³-hybridized carbons (Fsp3) is 0.261. The largest absolute Gasteiger partial charge is 0.464 e. The molecule has 9 nitrogen and oxygen atoms in total. The molecule has 1 aromatic carbocycles. The number of hydrogen-bond donors (Lipinski definition) is 2. The Morgan fingerprint density at radius 2 is 1.84 bits per heavy atom. The number of aromatic nitrogens is 3. The van der Waals surface area contributed by atoms with Crippen molar-refractivity contribution in [2.75, 3.05) is 6.54 Å². The zero-order chi connectivity index (χ0) is 22.1. The molecule has 0 radical (unpaired) electrons. The summed E-state index contributed by atoms with van der Waals surface area (Å²) in [7, 11) is 0. The predicted molar refractivity (Wildman–Crippen MR) is 114 cm³/mol. The van der Waals surface area contributed by atoms with Crippen molar-refractivity contribution in [1.29, 1.82) is 0 Å². The minimum absolute atomic E-state index is 0.00341. The van der Waals surface area contributed by atoms with Crippen LogP contribution in [0.1, 0.15) is 41.2 Å². The van der Waals surface area contributed by atoms with Crippen LogP contribution in [-0.4, -0.2) is 39.4 Å². The summed E-state index contributed by atoms with van der Waals surface area (Å²) in [5.41, 5.74) is 7.30. The number of pyridine rings is 1. The zero-order valence-corrected chi connectivity index (χ0v) is 17.2. The van der Waals surface area contributed by atoms with Gasteiger partial charge in [-0.25, -0.2) is 9.97 Å². The number of benzene rings is 1. The minimum Gasteiger partial charge on any atom is -0.464 e. The topological polar surface area (TPSA) is 129 Å². The van der Waals surface area contributed by atoms with Crippen LogP contribution in [-0.2, 0) is 4.79 Å². The van der Waals surface area contributed by atoms with E-state index in [1.54, 1.807) is 24.3 Å². The summed E-state index contributed by atoms with van der Waals surface area (Å²) in [4.78, 5) is 36.5. The molecule has 0 bridgehead atoms. The lowest BCUT2D eigenvalue weighted by Gasteiger charge is -2.12. The second kappa shape index (κ2) is 8.26. The normalized spacial score (nSPS) is 17.6. The predicted octanol–water partition coefficient (Wildman–Crippen LogP) is 2.57. The third-order valence-corrected chi connectivity index (χ3v) is 5.36. The van der Waals surface area contributed by atoms with E-state index in [1.807, 2.05) is 18.3 Å². The average molecular weight is 431 g/mol. The molecule has 1 aliphatic heterocycles. The van der Waals surface area contributed by atoms with E-state index in [1.165, 1.54) is 24.5 Å². The summed E-state index contributed by atoms with van der Waals surface area (Å²) in [6, 6.07) is 12.3. The molecule has 2 fully saturated rings. The number of carbonyl (C=O) groups excluding carboxylic acids is 2. The first-order valence-electron chi connectivity index (χ1n) is 10.4. The molecule has 1 atom stereocenters. The molecule has 0 spiro atoms. The van der Waals surface area contributed by atoms with Gasteiger partial charge in [-0.15, -0.1) is 0 Å². The summed E-state index contributed by atoms with van der Waals surface area (Å²) in [6.07, 6.45) is 4.17. The van der Waals surface area contributed by atoms with E-state index in [9.17, 15) is 9.59 Å². The summed E-state index contributed by atoms with van der Waals surface area (Å²) in [5.74, 6) is 1.20. The van der Waals surface area contributed by atoms with Crippen LogP contribution in [0.5, 0.6) is 17.5 Å². The maximum Gasteiger partial charge on any atom is 0.267 e. The van der Waals surface area contributed by atoms with Gasteiger partial charge >= 0.3 is 0 Å². The fourth-order valence-electron chi connectivity index (χ4n) is 3.47. The van der Waals surface area contributed by atoms with Gasteiger partial charge in [-0.2, -0.15) is 4.98 Å². The number of amides is 2. The Bertz CT molecular complexity index is 1160. The average Bonchev–Trinajstić information content (AvgIpc) is 3.58. The van der Waals surface area contributed by atoms with E-state index in [-0.39, 0.29) is 23.3 Å². The van der Waals surface area contributed by atoms with Crippen molar-refractivity contribution >= 4 is 11.8 Å². The van der Waals surface area contributed by atoms with E-state index in [0.29, 0.717) is 36.1 Å². The summed E-state index contributed by atoms with van der Waals surface area (Å²) in [5, 5.41) is 2.69. The molecular weight excluding hydrogens is 410 g/mol. The van der Waals surface area contributed by atoms with Gasteiger partial charge in [0.1, 0.15) is 11.4 Å². The number of carbonyl (C=O) groups is 2. The standard InChI is InChI=1S/C23H21N5O4/c24-21(29)17-11-20(32-18-9-10-25-23(18)30)28-22(27-17)14-3-6-16(7-4-14)31-19-8-5-15(12-26-19)13-1-2-13/h3-8,11-13,18H,1-2,9-10H2,(H2,24,29)(H,25,30)/t18-/m0/s1. The van der Waals surface area contributed by atoms with Crippen LogP contribution >= 0.6 is 0 Å². The first-order chi connectivity index (χ1) is 15.5. The van der Waals surface area contributed by atoms with Crippen LogP contribution in [0.3, 0.4) is 0 Å². The summed E-state index contributed by atoms with van der Waals surface area (Å²) in [6.45, 7) is 0.531. The molecule has 2 aliphatic rings. The number of nitrogens with two attached hydrogens (primary N) is 1. The van der Waals surface area contributed by atoms with Gasteiger partial charge in [0, 0.05) is 36.9 Å². The monoisotopic (exact) mass is 431 g/mol. The van der Waals surface area contributed by atoms with Crippen LogP contribution in [0.4, 0.5) is 0 Å². The van der Waals surface area contributed by atoms with Crippen molar-refractivity contribution in [3.63, 3.8) is 0 Å². The van der Waals surface area contributed by atoms with Crippen LogP contribution in [0, 0.1) is 0 Å². The highest BCUT2D eigenvalue weighted by atomic mass is 16.5. The molecule has 3 aromatic rings. The Morgan fingerprint density at radius 1 is 1.03 bits per heavy atom. The molecule has 5 rings (SSSR count). The molecule has 162 valence electrons. The van der Waals surface area contributed by atoms with Gasteiger partial charge in [0.15, 0.2) is 11.9 Å². The van der Waals surface area contributed by atoms with Gasteiger partial charge in [-0.3, -0.25) is 9.59 Å². The molecule has 3 N–H and O–H groups in total. The molecule has 1 aliphatic carbocycles. The van der Waals surface area contributed by atoms with E-state index in [2.05, 4.69) is 20.3 Å². The second-order valence-electron chi connectivity index (χ2n) is 7.80. The molecule has 1 saturated heterocycles. The van der Waals surface area contributed by atoms with Crippen LogP contribution in [0.2, 0.25) is 0 Å². The van der Waals surface area contributed by atoms with E-state index in [0.717, 1.165) is 0 Å². The van der Waals surface area contributed by atoms with Crippen LogP contribution < -0.4 is 20.5 Å².